The third-order valence-corrected chi connectivity index (χ3v) is 5.69. The van der Waals surface area contributed by atoms with Gasteiger partial charge in [0.05, 0.1) is 5.92 Å². The molecule has 1 saturated heterocycles. The maximum Gasteiger partial charge on any atom is 0.308 e. The predicted molar refractivity (Wildman–Crippen MR) is 71.0 cm³/mol. The molecule has 2 rings (SSSR count). The number of rotatable bonds is 3. The van der Waals surface area contributed by atoms with Gasteiger partial charge < -0.3 is 5.11 Å². The molecule has 0 aliphatic carbocycles. The Bertz CT molecular complexity index is 604. The number of hydrogen-bond acceptors (Lipinski definition) is 4. The van der Waals surface area contributed by atoms with Crippen LogP contribution >= 0.6 is 15.9 Å². The number of carbonyl (C=O) groups is 1. The lowest BCUT2D eigenvalue weighted by molar-refractivity contribution is -0.142. The van der Waals surface area contributed by atoms with Crippen LogP contribution in [-0.4, -0.2) is 41.4 Å². The summed E-state index contributed by atoms with van der Waals surface area (Å²) in [5.41, 5.74) is 0. The van der Waals surface area contributed by atoms with E-state index >= 15 is 0 Å². The molecule has 2 atom stereocenters. The minimum absolute atomic E-state index is 0.0692. The van der Waals surface area contributed by atoms with Crippen LogP contribution in [0.15, 0.2) is 27.8 Å². The highest BCUT2D eigenvalue weighted by atomic mass is 79.9. The number of sulfonamides is 1. The highest BCUT2D eigenvalue weighted by Crippen LogP contribution is 2.30. The zero-order valence-electron chi connectivity index (χ0n) is 10.2. The Hall–Kier alpha value is -0.990. The average molecular weight is 349 g/mol. The first-order chi connectivity index (χ1) is 8.84. The second-order valence-electron chi connectivity index (χ2n) is 4.43. The van der Waals surface area contributed by atoms with Crippen molar-refractivity contribution in [3.63, 3.8) is 0 Å². The number of aromatic nitrogens is 1. The molecule has 19 heavy (non-hydrogen) atoms. The van der Waals surface area contributed by atoms with Crippen molar-refractivity contribution >= 4 is 31.9 Å². The van der Waals surface area contributed by atoms with Crippen molar-refractivity contribution in [2.45, 2.75) is 24.3 Å². The molecule has 0 radical (unpaired) electrons. The zero-order chi connectivity index (χ0) is 14.2. The Balaban J connectivity index is 2.34. The normalized spacial score (nSPS) is 24.5. The fourth-order valence-electron chi connectivity index (χ4n) is 2.25. The third kappa shape index (κ3) is 2.65. The minimum atomic E-state index is -3.70. The van der Waals surface area contributed by atoms with Crippen molar-refractivity contribution < 1.29 is 18.3 Å². The molecule has 1 N–H and O–H groups in total. The van der Waals surface area contributed by atoms with E-state index in [2.05, 4.69) is 20.9 Å². The van der Waals surface area contributed by atoms with Crippen LogP contribution in [0.25, 0.3) is 0 Å². The van der Waals surface area contributed by atoms with E-state index in [4.69, 9.17) is 5.11 Å². The summed E-state index contributed by atoms with van der Waals surface area (Å²) in [6, 6.07) is 0.907. The molecule has 6 nitrogen and oxygen atoms in total. The number of pyridine rings is 1. The monoisotopic (exact) mass is 348 g/mol. The van der Waals surface area contributed by atoms with Gasteiger partial charge in [-0.1, -0.05) is 0 Å². The summed E-state index contributed by atoms with van der Waals surface area (Å²) in [5.74, 6) is -1.62. The van der Waals surface area contributed by atoms with Gasteiger partial charge in [0.15, 0.2) is 0 Å². The number of halogens is 1. The second kappa shape index (κ2) is 5.18. The molecule has 2 unspecified atom stereocenters. The molecule has 8 heteroatoms. The Morgan fingerprint density at radius 3 is 2.74 bits per heavy atom. The first kappa shape index (κ1) is 14.4. The van der Waals surface area contributed by atoms with Crippen LogP contribution in [0, 0.1) is 5.92 Å². The van der Waals surface area contributed by atoms with Gasteiger partial charge in [-0.05, 0) is 35.3 Å². The van der Waals surface area contributed by atoms with Gasteiger partial charge >= 0.3 is 5.97 Å². The number of hydrogen-bond donors (Lipinski definition) is 1. The summed E-state index contributed by atoms with van der Waals surface area (Å²) in [6.45, 7) is 1.84. The second-order valence-corrected chi connectivity index (χ2v) is 7.23. The van der Waals surface area contributed by atoms with Gasteiger partial charge in [-0.2, -0.15) is 4.31 Å². The van der Waals surface area contributed by atoms with Crippen LogP contribution in [0.5, 0.6) is 0 Å². The highest BCUT2D eigenvalue weighted by molar-refractivity contribution is 9.10. The SMILES string of the molecule is CC1C(C(=O)O)CCN1S(=O)(=O)c1cncc(Br)c1. The Labute approximate surface area is 119 Å². The molecule has 0 amide bonds. The average Bonchev–Trinajstić information content (AvgIpc) is 2.71. The van der Waals surface area contributed by atoms with Gasteiger partial charge in [0.2, 0.25) is 10.0 Å². The standard InChI is InChI=1S/C11H13BrN2O4S/c1-7-10(11(15)16)2-3-14(7)19(17,18)9-4-8(12)5-13-6-9/h4-7,10H,2-3H2,1H3,(H,15,16). The molecule has 0 bridgehead atoms. The fourth-order valence-corrected chi connectivity index (χ4v) is 4.44. The van der Waals surface area contributed by atoms with E-state index in [0.717, 1.165) is 0 Å². The van der Waals surface area contributed by atoms with Crippen molar-refractivity contribution in [1.29, 1.82) is 0 Å². The van der Waals surface area contributed by atoms with Crippen molar-refractivity contribution in [2.24, 2.45) is 5.92 Å². The molecule has 104 valence electrons. The van der Waals surface area contributed by atoms with E-state index < -0.39 is 28.0 Å². The first-order valence-corrected chi connectivity index (χ1v) is 7.92. The van der Waals surface area contributed by atoms with E-state index in [1.165, 1.54) is 22.8 Å². The molecular formula is C11H13BrN2O4S. The van der Waals surface area contributed by atoms with Crippen LogP contribution in [-0.2, 0) is 14.8 Å². The van der Waals surface area contributed by atoms with Crippen molar-refractivity contribution in [3.05, 3.63) is 22.9 Å². The van der Waals surface area contributed by atoms with Gasteiger partial charge in [0, 0.05) is 29.5 Å². The predicted octanol–water partition coefficient (Wildman–Crippen LogP) is 1.33. The third-order valence-electron chi connectivity index (χ3n) is 3.30. The molecule has 1 aliphatic rings. The number of nitrogens with zero attached hydrogens (tertiary/aromatic N) is 2. The maximum atomic E-state index is 12.4. The first-order valence-electron chi connectivity index (χ1n) is 5.69. The molecule has 1 aromatic rings. The molecule has 0 aromatic carbocycles. The summed E-state index contributed by atoms with van der Waals surface area (Å²) < 4.78 is 26.7. The number of carboxylic acid groups (broad SMARTS) is 1. The smallest absolute Gasteiger partial charge is 0.308 e. The van der Waals surface area contributed by atoms with E-state index in [-0.39, 0.29) is 11.4 Å². The minimum Gasteiger partial charge on any atom is -0.481 e. The molecule has 0 spiro atoms. The van der Waals surface area contributed by atoms with Gasteiger partial charge in [-0.15, -0.1) is 0 Å². The van der Waals surface area contributed by atoms with E-state index in [0.29, 0.717) is 10.9 Å². The molecule has 2 heterocycles. The maximum absolute atomic E-state index is 12.4. The Morgan fingerprint density at radius 1 is 1.53 bits per heavy atom. The molecule has 0 saturated carbocycles. The van der Waals surface area contributed by atoms with Gasteiger partial charge in [-0.3, -0.25) is 9.78 Å². The van der Waals surface area contributed by atoms with Crippen molar-refractivity contribution in [2.75, 3.05) is 6.54 Å². The Morgan fingerprint density at radius 2 is 2.21 bits per heavy atom. The molecular weight excluding hydrogens is 336 g/mol. The zero-order valence-corrected chi connectivity index (χ0v) is 12.6. The summed E-state index contributed by atoms with van der Waals surface area (Å²) in [4.78, 5) is 14.9. The molecule has 1 fully saturated rings. The molecule has 1 aromatic heterocycles. The van der Waals surface area contributed by atoms with Gasteiger partial charge in [-0.25, -0.2) is 8.42 Å². The van der Waals surface area contributed by atoms with E-state index in [1.807, 2.05) is 0 Å². The fraction of sp³-hybridized carbons (Fsp3) is 0.455. The summed E-state index contributed by atoms with van der Waals surface area (Å²) in [6.07, 6.45) is 3.09. The lowest BCUT2D eigenvalue weighted by Crippen LogP contribution is -2.37. The van der Waals surface area contributed by atoms with Crippen LogP contribution in [0.4, 0.5) is 0 Å². The molecule has 1 aliphatic heterocycles. The van der Waals surface area contributed by atoms with Crippen LogP contribution in [0.1, 0.15) is 13.3 Å². The summed E-state index contributed by atoms with van der Waals surface area (Å²) >= 11 is 3.17. The van der Waals surface area contributed by atoms with Crippen molar-refractivity contribution in [3.8, 4) is 0 Å². The summed E-state index contributed by atoms with van der Waals surface area (Å²) in [5, 5.41) is 9.04. The Kier molecular flexibility index (Phi) is 3.93. The largest absolute Gasteiger partial charge is 0.481 e. The van der Waals surface area contributed by atoms with Crippen LogP contribution < -0.4 is 0 Å². The summed E-state index contributed by atoms with van der Waals surface area (Å²) in [7, 11) is -3.70. The van der Waals surface area contributed by atoms with Crippen LogP contribution in [0.3, 0.4) is 0 Å². The lowest BCUT2D eigenvalue weighted by atomic mass is 10.0. The lowest BCUT2D eigenvalue weighted by Gasteiger charge is -2.22. The quantitative estimate of drug-likeness (QED) is 0.890. The van der Waals surface area contributed by atoms with Crippen molar-refractivity contribution in [1.82, 2.24) is 9.29 Å². The number of carboxylic acids is 1. The number of aliphatic carboxylic acids is 1. The highest BCUT2D eigenvalue weighted by Gasteiger charge is 2.42. The van der Waals surface area contributed by atoms with E-state index in [1.54, 1.807) is 6.92 Å². The van der Waals surface area contributed by atoms with Crippen LogP contribution in [0.2, 0.25) is 0 Å². The topological polar surface area (TPSA) is 87.6 Å². The van der Waals surface area contributed by atoms with Gasteiger partial charge in [0.1, 0.15) is 4.90 Å². The van der Waals surface area contributed by atoms with Gasteiger partial charge in [0.25, 0.3) is 0 Å². The van der Waals surface area contributed by atoms with E-state index in [9.17, 15) is 13.2 Å².